The summed E-state index contributed by atoms with van der Waals surface area (Å²) >= 11 is 1.37. The predicted octanol–water partition coefficient (Wildman–Crippen LogP) is 3.75. The summed E-state index contributed by atoms with van der Waals surface area (Å²) in [6.45, 7) is 2.49. The topological polar surface area (TPSA) is 67.4 Å². The second-order valence-corrected chi connectivity index (χ2v) is 7.14. The third kappa shape index (κ3) is 5.32. The van der Waals surface area contributed by atoms with E-state index in [1.807, 2.05) is 36.6 Å². The molecule has 1 heterocycles. The summed E-state index contributed by atoms with van der Waals surface area (Å²) < 4.78 is 5.64. The van der Waals surface area contributed by atoms with E-state index >= 15 is 0 Å². The van der Waals surface area contributed by atoms with Gasteiger partial charge in [-0.2, -0.15) is 0 Å². The Kier molecular flexibility index (Phi) is 5.71. The molecule has 1 aliphatic carbocycles. The average molecular weight is 358 g/mol. The number of hydrogen-bond donors (Lipinski definition) is 2. The fourth-order valence-corrected chi connectivity index (χ4v) is 3.19. The van der Waals surface area contributed by atoms with Crippen molar-refractivity contribution in [1.82, 2.24) is 5.32 Å². The molecule has 1 fully saturated rings. The normalized spacial score (nSPS) is 13.3. The molecule has 0 saturated heterocycles. The molecule has 25 heavy (non-hydrogen) atoms. The molecule has 5 nitrogen and oxygen atoms in total. The van der Waals surface area contributed by atoms with E-state index in [1.54, 1.807) is 6.07 Å². The molecule has 0 bridgehead atoms. The van der Waals surface area contributed by atoms with Crippen molar-refractivity contribution >= 4 is 28.2 Å². The first kappa shape index (κ1) is 17.5. The van der Waals surface area contributed by atoms with Gasteiger partial charge >= 0.3 is 0 Å². The molecule has 6 heteroatoms. The summed E-state index contributed by atoms with van der Waals surface area (Å²) in [6, 6.07) is 9.88. The molecule has 3 rings (SSSR count). The van der Waals surface area contributed by atoms with Crippen LogP contribution in [-0.4, -0.2) is 24.5 Å². The molecule has 1 aliphatic rings. The molecule has 1 aromatic heterocycles. The summed E-state index contributed by atoms with van der Waals surface area (Å²) in [6.07, 6.45) is 3.05. The standard InChI is InChI=1S/C19H22N2O3S/c1-13-4-2-5-15(12-13)24-10-3-6-17(22)21-19-16(9-11-25-19)18(23)20-14-7-8-14/h2,4-5,9,11-12,14H,3,6-8,10H2,1H3,(H,20,23)(H,21,22). The van der Waals surface area contributed by atoms with E-state index in [4.69, 9.17) is 4.74 Å². The maximum atomic E-state index is 12.1. The number of thiophene rings is 1. The number of ether oxygens (including phenoxy) is 1. The van der Waals surface area contributed by atoms with E-state index in [1.165, 1.54) is 11.3 Å². The molecular formula is C19H22N2O3S. The number of anilines is 1. The van der Waals surface area contributed by atoms with Gasteiger partial charge in [-0.1, -0.05) is 12.1 Å². The Balaban J connectivity index is 1.42. The number of amides is 2. The van der Waals surface area contributed by atoms with E-state index in [0.717, 1.165) is 24.2 Å². The summed E-state index contributed by atoms with van der Waals surface area (Å²) in [7, 11) is 0. The van der Waals surface area contributed by atoms with Crippen molar-refractivity contribution in [3.63, 3.8) is 0 Å². The van der Waals surface area contributed by atoms with Gasteiger partial charge in [0.05, 0.1) is 12.2 Å². The maximum Gasteiger partial charge on any atom is 0.254 e. The Morgan fingerprint density at radius 2 is 2.12 bits per heavy atom. The molecule has 2 aromatic rings. The second-order valence-electron chi connectivity index (χ2n) is 6.23. The van der Waals surface area contributed by atoms with Crippen molar-refractivity contribution in [2.45, 2.75) is 38.6 Å². The maximum absolute atomic E-state index is 12.1. The Morgan fingerprint density at radius 1 is 1.28 bits per heavy atom. The Morgan fingerprint density at radius 3 is 2.88 bits per heavy atom. The van der Waals surface area contributed by atoms with Crippen LogP contribution in [0.1, 0.15) is 41.6 Å². The summed E-state index contributed by atoms with van der Waals surface area (Å²) in [5.74, 6) is 0.607. The first-order valence-corrected chi connectivity index (χ1v) is 9.37. The van der Waals surface area contributed by atoms with E-state index in [2.05, 4.69) is 10.6 Å². The predicted molar refractivity (Wildman–Crippen MR) is 99.3 cm³/mol. The van der Waals surface area contributed by atoms with Gasteiger partial charge in [0.25, 0.3) is 5.91 Å². The lowest BCUT2D eigenvalue weighted by molar-refractivity contribution is -0.116. The SMILES string of the molecule is Cc1cccc(OCCCC(=O)Nc2sccc2C(=O)NC2CC2)c1. The van der Waals surface area contributed by atoms with Crippen LogP contribution in [0.3, 0.4) is 0 Å². The van der Waals surface area contributed by atoms with Crippen LogP contribution in [-0.2, 0) is 4.79 Å². The van der Waals surface area contributed by atoms with Crippen molar-refractivity contribution in [2.24, 2.45) is 0 Å². The molecule has 0 radical (unpaired) electrons. The van der Waals surface area contributed by atoms with E-state index in [9.17, 15) is 9.59 Å². The van der Waals surface area contributed by atoms with Crippen LogP contribution in [0.5, 0.6) is 5.75 Å². The highest BCUT2D eigenvalue weighted by molar-refractivity contribution is 7.14. The highest BCUT2D eigenvalue weighted by Gasteiger charge is 2.25. The zero-order valence-corrected chi connectivity index (χ0v) is 15.0. The molecule has 0 atom stereocenters. The lowest BCUT2D eigenvalue weighted by atomic mass is 10.2. The second kappa shape index (κ2) is 8.16. The number of nitrogens with one attached hydrogen (secondary N) is 2. The highest BCUT2D eigenvalue weighted by Crippen LogP contribution is 2.26. The van der Waals surface area contributed by atoms with Gasteiger partial charge in [-0.3, -0.25) is 9.59 Å². The highest BCUT2D eigenvalue weighted by atomic mass is 32.1. The largest absolute Gasteiger partial charge is 0.494 e. The van der Waals surface area contributed by atoms with Gasteiger partial charge in [0.15, 0.2) is 0 Å². The van der Waals surface area contributed by atoms with E-state index < -0.39 is 0 Å². The lowest BCUT2D eigenvalue weighted by Crippen LogP contribution is -2.26. The number of hydrogen-bond acceptors (Lipinski definition) is 4. The van der Waals surface area contributed by atoms with Gasteiger partial charge < -0.3 is 15.4 Å². The minimum Gasteiger partial charge on any atom is -0.494 e. The minimum absolute atomic E-state index is 0.101. The molecule has 1 aromatic carbocycles. The van der Waals surface area contributed by atoms with Crippen LogP contribution in [0.25, 0.3) is 0 Å². The van der Waals surface area contributed by atoms with Crippen molar-refractivity contribution in [2.75, 3.05) is 11.9 Å². The van der Waals surface area contributed by atoms with Gasteiger partial charge in [-0.15, -0.1) is 11.3 Å². The lowest BCUT2D eigenvalue weighted by Gasteiger charge is -2.08. The smallest absolute Gasteiger partial charge is 0.254 e. The zero-order chi connectivity index (χ0) is 17.6. The Bertz CT molecular complexity index is 753. The number of rotatable bonds is 8. The van der Waals surface area contributed by atoms with Crippen LogP contribution in [0.2, 0.25) is 0 Å². The molecule has 132 valence electrons. The number of benzene rings is 1. The van der Waals surface area contributed by atoms with Crippen molar-refractivity contribution in [1.29, 1.82) is 0 Å². The van der Waals surface area contributed by atoms with Gasteiger partial charge in [0.1, 0.15) is 10.8 Å². The fourth-order valence-electron chi connectivity index (χ4n) is 2.39. The molecule has 0 spiro atoms. The molecule has 2 amide bonds. The summed E-state index contributed by atoms with van der Waals surface area (Å²) in [5, 5.41) is 8.21. The van der Waals surface area contributed by atoms with Gasteiger partial charge in [0.2, 0.25) is 5.91 Å². The van der Waals surface area contributed by atoms with Crippen LogP contribution in [0, 0.1) is 6.92 Å². The number of carbonyl (C=O) groups excluding carboxylic acids is 2. The molecule has 0 unspecified atom stereocenters. The molecule has 0 aliphatic heterocycles. The van der Waals surface area contributed by atoms with Crippen LogP contribution < -0.4 is 15.4 Å². The van der Waals surface area contributed by atoms with Crippen LogP contribution in [0.4, 0.5) is 5.00 Å². The minimum atomic E-state index is -0.109. The monoisotopic (exact) mass is 358 g/mol. The Labute approximate surface area is 151 Å². The molecule has 1 saturated carbocycles. The third-order valence-corrected chi connectivity index (χ3v) is 4.71. The van der Waals surface area contributed by atoms with E-state index in [-0.39, 0.29) is 11.8 Å². The van der Waals surface area contributed by atoms with Crippen molar-refractivity contribution in [3.05, 3.63) is 46.8 Å². The van der Waals surface area contributed by atoms with E-state index in [0.29, 0.717) is 36.1 Å². The van der Waals surface area contributed by atoms with Gasteiger partial charge in [0, 0.05) is 12.5 Å². The van der Waals surface area contributed by atoms with Crippen LogP contribution in [0.15, 0.2) is 35.7 Å². The number of carbonyl (C=O) groups is 2. The van der Waals surface area contributed by atoms with Gasteiger partial charge in [-0.25, -0.2) is 0 Å². The summed E-state index contributed by atoms with van der Waals surface area (Å²) in [5.41, 5.74) is 1.69. The third-order valence-electron chi connectivity index (χ3n) is 3.88. The van der Waals surface area contributed by atoms with Gasteiger partial charge in [-0.05, 0) is 55.3 Å². The average Bonchev–Trinajstić information content (AvgIpc) is 3.27. The fraction of sp³-hybridized carbons (Fsp3) is 0.368. The molecule has 2 N–H and O–H groups in total. The quantitative estimate of drug-likeness (QED) is 0.706. The van der Waals surface area contributed by atoms with Crippen LogP contribution >= 0.6 is 11.3 Å². The Hall–Kier alpha value is -2.34. The first-order chi connectivity index (χ1) is 12.1. The molecular weight excluding hydrogens is 336 g/mol. The van der Waals surface area contributed by atoms with Crippen molar-refractivity contribution < 1.29 is 14.3 Å². The van der Waals surface area contributed by atoms with Crippen molar-refractivity contribution in [3.8, 4) is 5.75 Å². The zero-order valence-electron chi connectivity index (χ0n) is 14.2. The first-order valence-electron chi connectivity index (χ1n) is 8.49. The summed E-state index contributed by atoms with van der Waals surface area (Å²) in [4.78, 5) is 24.2. The number of aryl methyl sites for hydroxylation is 1.